The summed E-state index contributed by atoms with van der Waals surface area (Å²) in [4.78, 5) is 26.0. The summed E-state index contributed by atoms with van der Waals surface area (Å²) < 4.78 is 25.3. The smallest absolute Gasteiger partial charge is 0.246 e. The first kappa shape index (κ1) is 30.9. The van der Waals surface area contributed by atoms with Crippen molar-refractivity contribution >= 4 is 50.2 Å². The van der Waals surface area contributed by atoms with Crippen LogP contribution in [0, 0.1) is 17.1 Å². The molecule has 0 aliphatic carbocycles. The predicted octanol–water partition coefficient (Wildman–Crippen LogP) is 7.01. The molecular weight excluding hydrogens is 619 g/mol. The first-order valence-corrected chi connectivity index (χ1v) is 16.2. The maximum Gasteiger partial charge on any atom is 0.246 e. The molecule has 2 aliphatic rings. The van der Waals surface area contributed by atoms with Crippen molar-refractivity contribution < 1.29 is 19.0 Å². The third-order valence-corrected chi connectivity index (χ3v) is 10.0. The number of piperidine rings is 1. The number of phenols is 1. The Morgan fingerprint density at radius 3 is 2.79 bits per heavy atom. The number of benzene rings is 3. The number of likely N-dealkylation sites (N-methyl/N-ethyl adjacent to an activating group) is 1. The van der Waals surface area contributed by atoms with Gasteiger partial charge in [-0.05, 0) is 79.9 Å². The van der Waals surface area contributed by atoms with Gasteiger partial charge in [-0.2, -0.15) is 5.26 Å². The molecule has 3 aromatic carbocycles. The van der Waals surface area contributed by atoms with Gasteiger partial charge >= 0.3 is 0 Å². The number of carbonyl (C=O) groups excluding carboxylic acids is 1. The van der Waals surface area contributed by atoms with Gasteiger partial charge in [0.1, 0.15) is 17.9 Å². The predicted molar refractivity (Wildman–Crippen MR) is 180 cm³/mol. The number of likely N-dealkylation sites (tertiary alicyclic amines) is 2. The summed E-state index contributed by atoms with van der Waals surface area (Å²) in [5, 5.41) is 22.2. The SMILES string of the molecule is C=CC(=O)N1CCC(n2cnc3c(OCC4CCCN4C)nc4c(F)c(-c5cc(O)cc6ccccc56)c(Cl)cc4c32)CC1CC#N. The fourth-order valence-corrected chi connectivity index (χ4v) is 7.61. The molecular formula is C36H34ClFN6O3. The molecule has 47 heavy (non-hydrogen) atoms. The lowest BCUT2D eigenvalue weighted by Gasteiger charge is -2.38. The van der Waals surface area contributed by atoms with Crippen LogP contribution in [-0.4, -0.2) is 74.2 Å². The summed E-state index contributed by atoms with van der Waals surface area (Å²) in [6, 6.07) is 14.3. The number of hydrogen-bond acceptors (Lipinski definition) is 7. The molecule has 0 radical (unpaired) electrons. The van der Waals surface area contributed by atoms with Crippen LogP contribution >= 0.6 is 11.6 Å². The monoisotopic (exact) mass is 652 g/mol. The van der Waals surface area contributed by atoms with Gasteiger partial charge in [-0.3, -0.25) is 4.79 Å². The van der Waals surface area contributed by atoms with Gasteiger partial charge in [-0.25, -0.2) is 14.4 Å². The number of aromatic hydroxyl groups is 1. The lowest BCUT2D eigenvalue weighted by atomic mass is 9.94. The second-order valence-corrected chi connectivity index (χ2v) is 12.8. The van der Waals surface area contributed by atoms with E-state index in [0.29, 0.717) is 48.0 Å². The Hall–Kier alpha value is -4.72. The number of fused-ring (bicyclic) bond motifs is 4. The Bertz CT molecular complexity index is 2090. The number of carbonyl (C=O) groups is 1. The van der Waals surface area contributed by atoms with Crippen molar-refractivity contribution in [3.8, 4) is 28.8 Å². The average Bonchev–Trinajstić information content (AvgIpc) is 3.70. The molecule has 11 heteroatoms. The van der Waals surface area contributed by atoms with Crippen LogP contribution < -0.4 is 4.74 Å². The topological polar surface area (TPSA) is 108 Å². The third kappa shape index (κ3) is 5.43. The van der Waals surface area contributed by atoms with E-state index in [4.69, 9.17) is 26.3 Å². The summed E-state index contributed by atoms with van der Waals surface area (Å²) in [7, 11) is 2.06. The number of imidazole rings is 1. The molecule has 7 rings (SSSR count). The molecule has 0 spiro atoms. The number of nitrogens with zero attached hydrogens (tertiary/aromatic N) is 6. The van der Waals surface area contributed by atoms with Crippen molar-refractivity contribution in [3.05, 3.63) is 72.3 Å². The molecule has 5 aromatic rings. The van der Waals surface area contributed by atoms with Crippen LogP contribution in [0.3, 0.4) is 0 Å². The van der Waals surface area contributed by atoms with Gasteiger partial charge in [0.05, 0.1) is 29.4 Å². The molecule has 240 valence electrons. The normalized spacial score (nSPS) is 20.2. The fourth-order valence-electron chi connectivity index (χ4n) is 7.32. The van der Waals surface area contributed by atoms with E-state index in [-0.39, 0.29) is 58.2 Å². The zero-order valence-corrected chi connectivity index (χ0v) is 26.8. The van der Waals surface area contributed by atoms with Gasteiger partial charge < -0.3 is 24.2 Å². The molecule has 2 saturated heterocycles. The highest BCUT2D eigenvalue weighted by Gasteiger charge is 2.33. The van der Waals surface area contributed by atoms with Crippen LogP contribution in [0.15, 0.2) is 61.4 Å². The van der Waals surface area contributed by atoms with Crippen molar-refractivity contribution in [1.82, 2.24) is 24.3 Å². The minimum atomic E-state index is -0.630. The van der Waals surface area contributed by atoms with Crippen molar-refractivity contribution in [3.63, 3.8) is 0 Å². The third-order valence-electron chi connectivity index (χ3n) is 9.72. The minimum Gasteiger partial charge on any atom is -0.508 e. The molecule has 9 nitrogen and oxygen atoms in total. The summed E-state index contributed by atoms with van der Waals surface area (Å²) in [6.07, 6.45) is 6.34. The highest BCUT2D eigenvalue weighted by molar-refractivity contribution is 6.35. The molecule has 2 fully saturated rings. The van der Waals surface area contributed by atoms with Crippen LogP contribution in [0.1, 0.15) is 38.1 Å². The van der Waals surface area contributed by atoms with Crippen LogP contribution in [0.2, 0.25) is 5.02 Å². The number of ether oxygens (including phenoxy) is 1. The van der Waals surface area contributed by atoms with E-state index in [2.05, 4.69) is 24.6 Å². The molecule has 4 heterocycles. The van der Waals surface area contributed by atoms with Crippen molar-refractivity contribution in [1.29, 1.82) is 5.26 Å². The maximum atomic E-state index is 17.0. The van der Waals surface area contributed by atoms with Gasteiger partial charge in [0.25, 0.3) is 0 Å². The molecule has 0 bridgehead atoms. The number of halogens is 2. The van der Waals surface area contributed by atoms with Crippen molar-refractivity contribution in [2.75, 3.05) is 26.7 Å². The number of nitriles is 1. The van der Waals surface area contributed by atoms with E-state index >= 15 is 4.39 Å². The van der Waals surface area contributed by atoms with E-state index < -0.39 is 5.82 Å². The Labute approximate surface area is 276 Å². The Morgan fingerprint density at radius 2 is 2.02 bits per heavy atom. The van der Waals surface area contributed by atoms with Crippen LogP contribution in [0.5, 0.6) is 11.6 Å². The first-order valence-electron chi connectivity index (χ1n) is 15.8. The van der Waals surface area contributed by atoms with Crippen LogP contribution in [0.25, 0.3) is 43.8 Å². The number of hydrogen-bond donors (Lipinski definition) is 1. The zero-order chi connectivity index (χ0) is 32.8. The number of pyridine rings is 1. The van der Waals surface area contributed by atoms with E-state index in [1.54, 1.807) is 23.4 Å². The molecule has 0 saturated carbocycles. The largest absolute Gasteiger partial charge is 0.508 e. The lowest BCUT2D eigenvalue weighted by molar-refractivity contribution is -0.130. The van der Waals surface area contributed by atoms with Gasteiger partial charge in [0.15, 0.2) is 11.3 Å². The van der Waals surface area contributed by atoms with Crippen LogP contribution in [-0.2, 0) is 4.79 Å². The number of aromatic nitrogens is 3. The summed E-state index contributed by atoms with van der Waals surface area (Å²) >= 11 is 6.93. The molecule has 2 aromatic heterocycles. The standard InChI is InChI=1S/C36H34ClFN6O3/c1-3-30(46)43-14-11-23(16-22(43)10-12-39)44-20-40-34-35(44)28-18-29(37)31(27-17-25(45)15-21-7-4-5-9-26(21)27)32(38)33(28)41-36(34)47-19-24-8-6-13-42(24)2/h3-5,7,9,15,17-18,20,22-24,45H,1,6,8,10-11,13-14,16,19H2,2H3. The molecule has 2 aliphatic heterocycles. The van der Waals surface area contributed by atoms with E-state index in [0.717, 1.165) is 30.2 Å². The first-order chi connectivity index (χ1) is 22.8. The van der Waals surface area contributed by atoms with Gasteiger partial charge in [0, 0.05) is 35.6 Å². The maximum absolute atomic E-state index is 17.0. The highest BCUT2D eigenvalue weighted by Crippen LogP contribution is 2.44. The second kappa shape index (κ2) is 12.5. The second-order valence-electron chi connectivity index (χ2n) is 12.4. The number of rotatable bonds is 7. The summed E-state index contributed by atoms with van der Waals surface area (Å²) in [6.45, 7) is 5.42. The molecule has 1 N–H and O–H groups in total. The zero-order valence-electron chi connectivity index (χ0n) is 26.0. The highest BCUT2D eigenvalue weighted by atomic mass is 35.5. The van der Waals surface area contributed by atoms with Gasteiger partial charge in [-0.1, -0.05) is 42.4 Å². The fraction of sp³-hybridized carbons (Fsp3) is 0.333. The molecule has 3 atom stereocenters. The Balaban J connectivity index is 1.41. The minimum absolute atomic E-state index is 0.00587. The average molecular weight is 653 g/mol. The Morgan fingerprint density at radius 1 is 1.19 bits per heavy atom. The van der Waals surface area contributed by atoms with E-state index in [1.165, 1.54) is 12.1 Å². The van der Waals surface area contributed by atoms with Crippen molar-refractivity contribution in [2.24, 2.45) is 0 Å². The molecule has 1 amide bonds. The van der Waals surface area contributed by atoms with Crippen LogP contribution in [0.4, 0.5) is 4.39 Å². The Kier molecular flexibility index (Phi) is 8.20. The summed E-state index contributed by atoms with van der Waals surface area (Å²) in [5.74, 6) is -0.613. The number of amides is 1. The summed E-state index contributed by atoms with van der Waals surface area (Å²) in [5.41, 5.74) is 1.78. The van der Waals surface area contributed by atoms with Gasteiger partial charge in [-0.15, -0.1) is 0 Å². The lowest BCUT2D eigenvalue weighted by Crippen LogP contribution is -2.45. The van der Waals surface area contributed by atoms with Gasteiger partial charge in [0.2, 0.25) is 11.8 Å². The van der Waals surface area contributed by atoms with E-state index in [1.807, 2.05) is 28.8 Å². The van der Waals surface area contributed by atoms with E-state index in [9.17, 15) is 15.2 Å². The molecule has 3 unspecified atom stereocenters. The quantitative estimate of drug-likeness (QED) is 0.189. The number of phenolic OH excluding ortho intramolecular Hbond substituents is 1. The van der Waals surface area contributed by atoms with Crippen molar-refractivity contribution in [2.45, 2.75) is 50.2 Å².